The van der Waals surface area contributed by atoms with Gasteiger partial charge in [0.2, 0.25) is 0 Å². The zero-order chi connectivity index (χ0) is 15.2. The van der Waals surface area contributed by atoms with Gasteiger partial charge in [-0.15, -0.1) is 0 Å². The molecule has 0 aromatic heterocycles. The molecule has 21 heavy (non-hydrogen) atoms. The Kier molecular flexibility index (Phi) is 6.62. The van der Waals surface area contributed by atoms with Crippen molar-refractivity contribution in [1.82, 2.24) is 5.32 Å². The summed E-state index contributed by atoms with van der Waals surface area (Å²) < 4.78 is 1.12. The predicted octanol–water partition coefficient (Wildman–Crippen LogP) is 6.00. The maximum atomic E-state index is 6.15. The number of nitrogens with one attached hydrogen (secondary N) is 1. The lowest BCUT2D eigenvalue weighted by Gasteiger charge is -2.13. The van der Waals surface area contributed by atoms with E-state index in [2.05, 4.69) is 59.4 Å². The minimum Gasteiger partial charge on any atom is -0.312 e. The van der Waals surface area contributed by atoms with Crippen LogP contribution < -0.4 is 5.32 Å². The molecule has 1 N–H and O–H groups in total. The number of rotatable bonds is 6. The fraction of sp³-hybridized carbons (Fsp3) is 0.294. The minimum absolute atomic E-state index is 0.642. The van der Waals surface area contributed by atoms with Crippen molar-refractivity contribution in [2.45, 2.75) is 30.2 Å². The van der Waals surface area contributed by atoms with Gasteiger partial charge in [0.15, 0.2) is 0 Å². The van der Waals surface area contributed by atoms with Crippen LogP contribution in [0.2, 0.25) is 5.02 Å². The van der Waals surface area contributed by atoms with Gasteiger partial charge in [-0.2, -0.15) is 0 Å². The van der Waals surface area contributed by atoms with E-state index in [4.69, 9.17) is 11.6 Å². The quantitative estimate of drug-likeness (QED) is 0.655. The van der Waals surface area contributed by atoms with Crippen LogP contribution in [0, 0.1) is 5.92 Å². The average molecular weight is 385 g/mol. The van der Waals surface area contributed by atoms with Crippen LogP contribution in [-0.4, -0.2) is 6.54 Å². The SMILES string of the molecule is CC(C)CNCc1cc(Cl)ccc1Sc1ccccc1Br. The van der Waals surface area contributed by atoms with E-state index >= 15 is 0 Å². The molecule has 0 aliphatic carbocycles. The van der Waals surface area contributed by atoms with E-state index in [0.29, 0.717) is 5.92 Å². The molecule has 0 unspecified atom stereocenters. The first kappa shape index (κ1) is 16.9. The van der Waals surface area contributed by atoms with Gasteiger partial charge in [-0.1, -0.05) is 49.3 Å². The first-order valence-corrected chi connectivity index (χ1v) is 8.96. The first-order valence-electron chi connectivity index (χ1n) is 6.98. The molecular weight excluding hydrogens is 366 g/mol. The summed E-state index contributed by atoms with van der Waals surface area (Å²) in [5, 5.41) is 4.27. The fourth-order valence-electron chi connectivity index (χ4n) is 1.93. The van der Waals surface area contributed by atoms with Gasteiger partial charge in [-0.25, -0.2) is 0 Å². The molecular formula is C17H19BrClNS. The third kappa shape index (κ3) is 5.33. The smallest absolute Gasteiger partial charge is 0.0410 e. The standard InChI is InChI=1S/C17H19BrClNS/c1-12(2)10-20-11-13-9-14(19)7-8-16(13)21-17-6-4-3-5-15(17)18/h3-9,12,20H,10-11H2,1-2H3. The third-order valence-corrected chi connectivity index (χ3v) is 5.33. The predicted molar refractivity (Wildman–Crippen MR) is 96.3 cm³/mol. The molecule has 112 valence electrons. The number of hydrogen-bond acceptors (Lipinski definition) is 2. The van der Waals surface area contributed by atoms with E-state index in [0.717, 1.165) is 22.6 Å². The van der Waals surface area contributed by atoms with Crippen LogP contribution in [0.25, 0.3) is 0 Å². The molecule has 0 amide bonds. The van der Waals surface area contributed by atoms with E-state index in [9.17, 15) is 0 Å². The second-order valence-corrected chi connectivity index (χ2v) is 7.68. The van der Waals surface area contributed by atoms with Crippen LogP contribution in [0.15, 0.2) is 56.7 Å². The van der Waals surface area contributed by atoms with E-state index in [-0.39, 0.29) is 0 Å². The van der Waals surface area contributed by atoms with Gasteiger partial charge in [-0.05, 0) is 64.3 Å². The average Bonchev–Trinajstić information content (AvgIpc) is 2.43. The first-order chi connectivity index (χ1) is 10.1. The minimum atomic E-state index is 0.642. The third-order valence-electron chi connectivity index (χ3n) is 2.95. The molecule has 2 aromatic rings. The van der Waals surface area contributed by atoms with Crippen LogP contribution in [0.3, 0.4) is 0 Å². The van der Waals surface area contributed by atoms with Crippen molar-refractivity contribution in [3.05, 3.63) is 57.5 Å². The summed E-state index contributed by atoms with van der Waals surface area (Å²) in [5.41, 5.74) is 1.24. The van der Waals surface area contributed by atoms with E-state index in [1.54, 1.807) is 11.8 Å². The van der Waals surface area contributed by atoms with Gasteiger partial charge < -0.3 is 5.32 Å². The maximum Gasteiger partial charge on any atom is 0.0410 e. The second-order valence-electron chi connectivity index (χ2n) is 5.31. The highest BCUT2D eigenvalue weighted by Gasteiger charge is 2.08. The van der Waals surface area contributed by atoms with Crippen molar-refractivity contribution in [3.8, 4) is 0 Å². The molecule has 2 rings (SSSR count). The Morgan fingerprint density at radius 1 is 1.14 bits per heavy atom. The molecule has 1 nitrogen and oxygen atoms in total. The fourth-order valence-corrected chi connectivity index (χ4v) is 3.60. The van der Waals surface area contributed by atoms with Crippen LogP contribution in [-0.2, 0) is 6.54 Å². The Hall–Kier alpha value is -0.480. The molecule has 0 bridgehead atoms. The van der Waals surface area contributed by atoms with Gasteiger partial charge in [0.25, 0.3) is 0 Å². The van der Waals surface area contributed by atoms with Gasteiger partial charge in [0.1, 0.15) is 0 Å². The van der Waals surface area contributed by atoms with Crippen molar-refractivity contribution in [2.75, 3.05) is 6.54 Å². The molecule has 0 radical (unpaired) electrons. The molecule has 0 atom stereocenters. The molecule has 0 aliphatic rings. The lowest BCUT2D eigenvalue weighted by atomic mass is 10.2. The second kappa shape index (κ2) is 8.23. The van der Waals surface area contributed by atoms with Crippen molar-refractivity contribution >= 4 is 39.3 Å². The molecule has 0 aliphatic heterocycles. The summed E-state index contributed by atoms with van der Waals surface area (Å²) in [7, 11) is 0. The highest BCUT2D eigenvalue weighted by atomic mass is 79.9. The molecule has 0 fully saturated rings. The van der Waals surface area contributed by atoms with Gasteiger partial charge in [0.05, 0.1) is 0 Å². The molecule has 2 aromatic carbocycles. The van der Waals surface area contributed by atoms with Gasteiger partial charge in [0, 0.05) is 25.8 Å². The summed E-state index contributed by atoms with van der Waals surface area (Å²) in [6.45, 7) is 6.26. The lowest BCUT2D eigenvalue weighted by Crippen LogP contribution is -2.19. The summed E-state index contributed by atoms with van der Waals surface area (Å²) in [4.78, 5) is 2.45. The van der Waals surface area contributed by atoms with Crippen LogP contribution in [0.4, 0.5) is 0 Å². The Bertz CT molecular complexity index is 601. The van der Waals surface area contributed by atoms with Crippen LogP contribution in [0.1, 0.15) is 19.4 Å². The normalized spacial score (nSPS) is 11.1. The Morgan fingerprint density at radius 3 is 2.62 bits per heavy atom. The molecule has 4 heteroatoms. The van der Waals surface area contributed by atoms with Gasteiger partial charge >= 0.3 is 0 Å². The summed E-state index contributed by atoms with van der Waals surface area (Å²) in [6.07, 6.45) is 0. The monoisotopic (exact) mass is 383 g/mol. The molecule has 0 saturated carbocycles. The molecule has 0 spiro atoms. The highest BCUT2D eigenvalue weighted by molar-refractivity contribution is 9.10. The number of hydrogen-bond donors (Lipinski definition) is 1. The lowest BCUT2D eigenvalue weighted by molar-refractivity contribution is 0.550. The summed E-state index contributed by atoms with van der Waals surface area (Å²) in [6, 6.07) is 14.4. The van der Waals surface area contributed by atoms with E-state index < -0.39 is 0 Å². The topological polar surface area (TPSA) is 12.0 Å². The highest BCUT2D eigenvalue weighted by Crippen LogP contribution is 2.36. The Labute approximate surface area is 144 Å². The van der Waals surface area contributed by atoms with Crippen molar-refractivity contribution in [1.29, 1.82) is 0 Å². The van der Waals surface area contributed by atoms with E-state index in [1.165, 1.54) is 15.4 Å². The maximum absolute atomic E-state index is 6.15. The van der Waals surface area contributed by atoms with Crippen LogP contribution in [0.5, 0.6) is 0 Å². The summed E-state index contributed by atoms with van der Waals surface area (Å²) in [5.74, 6) is 0.642. The number of halogens is 2. The molecule has 0 saturated heterocycles. The zero-order valence-corrected chi connectivity index (χ0v) is 15.4. The van der Waals surface area contributed by atoms with Crippen molar-refractivity contribution < 1.29 is 0 Å². The van der Waals surface area contributed by atoms with Crippen LogP contribution >= 0.6 is 39.3 Å². The zero-order valence-electron chi connectivity index (χ0n) is 12.2. The Morgan fingerprint density at radius 2 is 1.90 bits per heavy atom. The van der Waals surface area contributed by atoms with Gasteiger partial charge in [-0.3, -0.25) is 0 Å². The largest absolute Gasteiger partial charge is 0.312 e. The summed E-state index contributed by atoms with van der Waals surface area (Å²) >= 11 is 11.5. The number of benzene rings is 2. The van der Waals surface area contributed by atoms with Crippen molar-refractivity contribution in [2.24, 2.45) is 5.92 Å². The Balaban J connectivity index is 2.16. The van der Waals surface area contributed by atoms with Crippen molar-refractivity contribution in [3.63, 3.8) is 0 Å². The molecule has 0 heterocycles. The van der Waals surface area contributed by atoms with E-state index in [1.807, 2.05) is 18.2 Å².